The van der Waals surface area contributed by atoms with Gasteiger partial charge < -0.3 is 24.8 Å². The van der Waals surface area contributed by atoms with Gasteiger partial charge in [0.05, 0.1) is 0 Å². The van der Waals surface area contributed by atoms with Crippen molar-refractivity contribution in [2.45, 2.75) is 11.9 Å². The molecular formula is C8H9Cl2Zn. The monoisotopic (exact) mass is 239 g/mol. The van der Waals surface area contributed by atoms with Crippen molar-refractivity contribution in [3.8, 4) is 0 Å². The Morgan fingerprint density at radius 3 is 1.91 bits per heavy atom. The van der Waals surface area contributed by atoms with Crippen molar-refractivity contribution in [1.82, 2.24) is 0 Å². The Morgan fingerprint density at radius 2 is 1.55 bits per heavy atom. The summed E-state index contributed by atoms with van der Waals surface area (Å²) >= 11 is 1.36. The average molecular weight is 241 g/mol. The van der Waals surface area contributed by atoms with Crippen molar-refractivity contribution >= 4 is 0 Å². The Hall–Kier alpha value is 0.423. The van der Waals surface area contributed by atoms with Crippen LogP contribution in [0.3, 0.4) is 0 Å². The van der Waals surface area contributed by atoms with E-state index in [1.165, 1.54) is 34.4 Å². The summed E-state index contributed by atoms with van der Waals surface area (Å²) in [7, 11) is 0. The number of benzene rings is 1. The number of halogens is 2. The van der Waals surface area contributed by atoms with Crippen molar-refractivity contribution in [3.63, 3.8) is 0 Å². The maximum absolute atomic E-state index is 2.21. The first-order valence-corrected chi connectivity index (χ1v) is 5.27. The molecule has 0 saturated carbocycles. The fraction of sp³-hybridized carbons (Fsp3) is 0.250. The van der Waals surface area contributed by atoms with Gasteiger partial charge in [-0.3, -0.25) is 0 Å². The molecule has 0 spiro atoms. The Morgan fingerprint density at radius 1 is 1.09 bits per heavy atom. The quantitative estimate of drug-likeness (QED) is 0.441. The third-order valence-corrected chi connectivity index (χ3v) is 2.62. The van der Waals surface area contributed by atoms with Gasteiger partial charge in [-0.2, -0.15) is 0 Å². The number of hydrogen-bond donors (Lipinski definition) is 0. The molecule has 0 aliphatic heterocycles. The topological polar surface area (TPSA) is 0 Å². The predicted octanol–water partition coefficient (Wildman–Crippen LogP) is -3.95. The van der Waals surface area contributed by atoms with E-state index >= 15 is 0 Å². The molecule has 0 nitrogen and oxygen atoms in total. The molecule has 0 amide bonds. The SMILES string of the molecule is Cc1ccc([CH2][Zn+2])cc1.[Cl-].[Cl-]. The normalized spacial score (nSPS) is 7.91. The van der Waals surface area contributed by atoms with E-state index in [9.17, 15) is 0 Å². The summed E-state index contributed by atoms with van der Waals surface area (Å²) in [6, 6.07) is 8.76. The second-order valence-electron chi connectivity index (χ2n) is 2.24. The first-order chi connectivity index (χ1) is 4.33. The summed E-state index contributed by atoms with van der Waals surface area (Å²) in [5.74, 6) is 0. The fourth-order valence-electron chi connectivity index (χ4n) is 0.755. The zero-order valence-corrected chi connectivity index (χ0v) is 11.0. The van der Waals surface area contributed by atoms with Gasteiger partial charge >= 0.3 is 65.6 Å². The van der Waals surface area contributed by atoms with Crippen LogP contribution in [0.2, 0.25) is 0 Å². The van der Waals surface area contributed by atoms with Crippen LogP contribution in [-0.2, 0) is 23.3 Å². The third kappa shape index (κ3) is 4.79. The van der Waals surface area contributed by atoms with Gasteiger partial charge in [0.1, 0.15) is 0 Å². The molecule has 0 aliphatic rings. The van der Waals surface area contributed by atoms with E-state index in [2.05, 4.69) is 31.2 Å². The molecule has 1 aromatic rings. The first-order valence-electron chi connectivity index (χ1n) is 3.17. The Labute approximate surface area is 90.3 Å². The zero-order chi connectivity index (χ0) is 6.69. The van der Waals surface area contributed by atoms with E-state index in [0.29, 0.717) is 0 Å². The van der Waals surface area contributed by atoms with Crippen molar-refractivity contribution in [2.24, 2.45) is 0 Å². The number of aryl methyl sites for hydroxylation is 1. The number of hydrogen-bond acceptors (Lipinski definition) is 0. The molecule has 0 heterocycles. The molecule has 1 rings (SSSR count). The molecule has 11 heavy (non-hydrogen) atoms. The second kappa shape index (κ2) is 7.09. The molecule has 0 N–H and O–H groups in total. The summed E-state index contributed by atoms with van der Waals surface area (Å²) in [5, 5.41) is 1.26. The summed E-state index contributed by atoms with van der Waals surface area (Å²) in [6.45, 7) is 2.12. The van der Waals surface area contributed by atoms with Crippen LogP contribution in [0.15, 0.2) is 24.3 Å². The molecule has 0 unspecified atom stereocenters. The molecule has 3 heteroatoms. The Balaban J connectivity index is 0. The molecule has 0 atom stereocenters. The van der Waals surface area contributed by atoms with Gasteiger partial charge in [-0.05, 0) is 0 Å². The first kappa shape index (κ1) is 14.0. The smallest absolute Gasteiger partial charge is 1.00 e. The van der Waals surface area contributed by atoms with Crippen LogP contribution in [0, 0.1) is 6.92 Å². The summed E-state index contributed by atoms with van der Waals surface area (Å²) in [4.78, 5) is 0. The molecule has 1 aromatic carbocycles. The summed E-state index contributed by atoms with van der Waals surface area (Å²) in [6.07, 6.45) is 0. The van der Waals surface area contributed by atoms with Crippen LogP contribution in [0.4, 0.5) is 0 Å². The van der Waals surface area contributed by atoms with Crippen molar-refractivity contribution in [3.05, 3.63) is 35.4 Å². The van der Waals surface area contributed by atoms with Crippen molar-refractivity contribution < 1.29 is 43.1 Å². The Kier molecular flexibility index (Phi) is 9.01. The van der Waals surface area contributed by atoms with Crippen LogP contribution in [-0.4, -0.2) is 0 Å². The maximum atomic E-state index is 2.21. The molecule has 0 aromatic heterocycles. The van der Waals surface area contributed by atoms with Gasteiger partial charge in [-0.25, -0.2) is 0 Å². The van der Waals surface area contributed by atoms with Gasteiger partial charge in [-0.15, -0.1) is 0 Å². The van der Waals surface area contributed by atoms with Crippen LogP contribution in [0.1, 0.15) is 11.1 Å². The fourth-order valence-corrected chi connectivity index (χ4v) is 1.45. The second-order valence-corrected chi connectivity index (χ2v) is 3.28. The van der Waals surface area contributed by atoms with Crippen LogP contribution < -0.4 is 24.8 Å². The van der Waals surface area contributed by atoms with Crippen LogP contribution in [0.5, 0.6) is 0 Å². The molecule has 57 valence electrons. The van der Waals surface area contributed by atoms with E-state index in [-0.39, 0.29) is 24.8 Å². The molecular weight excluding hydrogens is 232 g/mol. The van der Waals surface area contributed by atoms with E-state index < -0.39 is 0 Å². The largest absolute Gasteiger partial charge is 1.00 e. The minimum absolute atomic E-state index is 0. The van der Waals surface area contributed by atoms with Gasteiger partial charge in [-0.1, -0.05) is 0 Å². The molecule has 0 aliphatic carbocycles. The van der Waals surface area contributed by atoms with E-state index in [1.54, 1.807) is 0 Å². The molecule has 0 radical (unpaired) electrons. The van der Waals surface area contributed by atoms with Gasteiger partial charge in [0.15, 0.2) is 0 Å². The van der Waals surface area contributed by atoms with Crippen molar-refractivity contribution in [1.29, 1.82) is 0 Å². The number of rotatable bonds is 1. The van der Waals surface area contributed by atoms with Gasteiger partial charge in [0, 0.05) is 0 Å². The van der Waals surface area contributed by atoms with Gasteiger partial charge in [0.2, 0.25) is 0 Å². The van der Waals surface area contributed by atoms with E-state index in [1.807, 2.05) is 0 Å². The minimum atomic E-state index is 0. The van der Waals surface area contributed by atoms with Crippen LogP contribution >= 0.6 is 0 Å². The maximum Gasteiger partial charge on any atom is -1.00 e. The minimum Gasteiger partial charge on any atom is -1.00 e. The molecule has 0 fully saturated rings. The van der Waals surface area contributed by atoms with E-state index in [4.69, 9.17) is 0 Å². The molecule has 0 saturated heterocycles. The third-order valence-electron chi connectivity index (χ3n) is 1.41. The van der Waals surface area contributed by atoms with Gasteiger partial charge in [0.25, 0.3) is 0 Å². The van der Waals surface area contributed by atoms with E-state index in [0.717, 1.165) is 0 Å². The Bertz CT molecular complexity index is 184. The summed E-state index contributed by atoms with van der Waals surface area (Å²) in [5.41, 5.74) is 2.83. The zero-order valence-electron chi connectivity index (χ0n) is 6.48. The standard InChI is InChI=1S/C8H9.2ClH.Zn/c1-7-3-5-8(2)6-4-7;;;/h3-6H,1H2,2H3;2*1H;/q;;;+2/p-2. The van der Waals surface area contributed by atoms with Crippen LogP contribution in [0.25, 0.3) is 0 Å². The molecule has 0 bridgehead atoms. The van der Waals surface area contributed by atoms with Crippen molar-refractivity contribution in [2.75, 3.05) is 0 Å². The summed E-state index contributed by atoms with van der Waals surface area (Å²) < 4.78 is 0. The predicted molar refractivity (Wildman–Crippen MR) is 34.9 cm³/mol. The average Bonchev–Trinajstić information content (AvgIpc) is 1.90.